The highest BCUT2D eigenvalue weighted by Crippen LogP contribution is 2.21. The molecular formula is C18H18ClNO4. The molecule has 0 spiro atoms. The maximum absolute atomic E-state index is 12.0. The average molecular weight is 348 g/mol. The van der Waals surface area contributed by atoms with E-state index in [1.807, 2.05) is 0 Å². The minimum atomic E-state index is -1.32. The highest BCUT2D eigenvalue weighted by molar-refractivity contribution is 6.30. The van der Waals surface area contributed by atoms with Crippen LogP contribution in [0.25, 0.3) is 0 Å². The quantitative estimate of drug-likeness (QED) is 0.834. The van der Waals surface area contributed by atoms with Gasteiger partial charge in [0.05, 0.1) is 6.42 Å². The van der Waals surface area contributed by atoms with Crippen molar-refractivity contribution in [2.24, 2.45) is 0 Å². The lowest BCUT2D eigenvalue weighted by Crippen LogP contribution is -2.37. The van der Waals surface area contributed by atoms with Gasteiger partial charge >= 0.3 is 5.97 Å². The molecule has 0 aromatic heterocycles. The summed E-state index contributed by atoms with van der Waals surface area (Å²) in [6, 6.07) is 13.6. The Hall–Kier alpha value is -2.53. The van der Waals surface area contributed by atoms with Gasteiger partial charge in [0.25, 0.3) is 0 Å². The molecule has 0 heterocycles. The summed E-state index contributed by atoms with van der Waals surface area (Å²) in [4.78, 5) is 23.1. The van der Waals surface area contributed by atoms with Crippen LogP contribution in [0.3, 0.4) is 0 Å². The van der Waals surface area contributed by atoms with Crippen LogP contribution in [0, 0.1) is 0 Å². The lowest BCUT2D eigenvalue weighted by atomic mass is 10.1. The predicted octanol–water partition coefficient (Wildman–Crippen LogP) is 3.76. The first-order chi connectivity index (χ1) is 11.3. The molecule has 0 aliphatic heterocycles. The van der Waals surface area contributed by atoms with Gasteiger partial charge in [-0.25, -0.2) is 4.79 Å². The molecular weight excluding hydrogens is 330 g/mol. The summed E-state index contributed by atoms with van der Waals surface area (Å²) in [5, 5.41) is 12.4. The van der Waals surface area contributed by atoms with E-state index in [1.54, 1.807) is 48.5 Å². The Balaban J connectivity index is 1.94. The molecule has 0 saturated carbocycles. The Morgan fingerprint density at radius 2 is 1.67 bits per heavy atom. The van der Waals surface area contributed by atoms with Crippen molar-refractivity contribution in [3.8, 4) is 5.75 Å². The second-order valence-electron chi connectivity index (χ2n) is 5.79. The van der Waals surface area contributed by atoms with Crippen LogP contribution in [0.2, 0.25) is 5.02 Å². The number of carboxylic acids is 1. The molecule has 6 heteroatoms. The molecule has 1 amide bonds. The fourth-order valence-electron chi connectivity index (χ4n) is 1.94. The Kier molecular flexibility index (Phi) is 5.46. The zero-order valence-corrected chi connectivity index (χ0v) is 14.1. The van der Waals surface area contributed by atoms with E-state index < -0.39 is 11.6 Å². The molecule has 24 heavy (non-hydrogen) atoms. The number of carbonyl (C=O) groups is 2. The van der Waals surface area contributed by atoms with Gasteiger partial charge < -0.3 is 15.2 Å². The second kappa shape index (κ2) is 7.36. The standard InChI is InChI=1S/C18H18ClNO4/c1-18(2,17(22)23)24-15-9-7-14(8-10-15)20-16(21)11-12-3-5-13(19)6-4-12/h3-10H,11H2,1-2H3,(H,20,21)(H,22,23). The third-order valence-electron chi connectivity index (χ3n) is 3.30. The van der Waals surface area contributed by atoms with E-state index in [0.717, 1.165) is 5.56 Å². The fourth-order valence-corrected chi connectivity index (χ4v) is 2.06. The molecule has 0 unspecified atom stereocenters. The summed E-state index contributed by atoms with van der Waals surface area (Å²) in [5.41, 5.74) is 0.147. The van der Waals surface area contributed by atoms with Gasteiger partial charge in [-0.2, -0.15) is 0 Å². The molecule has 2 aromatic carbocycles. The Bertz CT molecular complexity index is 724. The molecule has 126 valence electrons. The van der Waals surface area contributed by atoms with Crippen molar-refractivity contribution in [1.82, 2.24) is 0 Å². The molecule has 0 radical (unpaired) electrons. The van der Waals surface area contributed by atoms with Gasteiger partial charge in [-0.3, -0.25) is 4.79 Å². The van der Waals surface area contributed by atoms with Crippen LogP contribution in [0.1, 0.15) is 19.4 Å². The van der Waals surface area contributed by atoms with Crippen molar-refractivity contribution in [3.63, 3.8) is 0 Å². The van der Waals surface area contributed by atoms with Gasteiger partial charge in [-0.05, 0) is 55.8 Å². The van der Waals surface area contributed by atoms with Gasteiger partial charge in [0.1, 0.15) is 5.75 Å². The van der Waals surface area contributed by atoms with Crippen molar-refractivity contribution in [2.45, 2.75) is 25.9 Å². The van der Waals surface area contributed by atoms with Crippen LogP contribution in [0.4, 0.5) is 5.69 Å². The number of ether oxygens (including phenoxy) is 1. The van der Waals surface area contributed by atoms with Gasteiger partial charge in [0, 0.05) is 10.7 Å². The van der Waals surface area contributed by atoms with Gasteiger partial charge in [-0.15, -0.1) is 0 Å². The number of amides is 1. The summed E-state index contributed by atoms with van der Waals surface area (Å²) in [5.74, 6) is -0.794. The topological polar surface area (TPSA) is 75.6 Å². The molecule has 0 atom stereocenters. The lowest BCUT2D eigenvalue weighted by molar-refractivity contribution is -0.152. The van der Waals surface area contributed by atoms with Gasteiger partial charge in [0.2, 0.25) is 5.91 Å². The summed E-state index contributed by atoms with van der Waals surface area (Å²) < 4.78 is 5.41. The molecule has 0 bridgehead atoms. The molecule has 0 saturated heterocycles. The van der Waals surface area contributed by atoms with E-state index in [4.69, 9.17) is 21.4 Å². The number of rotatable bonds is 6. The number of carboxylic acid groups (broad SMARTS) is 1. The van der Waals surface area contributed by atoms with Crippen molar-refractivity contribution in [2.75, 3.05) is 5.32 Å². The third kappa shape index (κ3) is 4.99. The zero-order chi connectivity index (χ0) is 17.7. The smallest absolute Gasteiger partial charge is 0.347 e. The van der Waals surface area contributed by atoms with Crippen LogP contribution >= 0.6 is 11.6 Å². The molecule has 0 aliphatic carbocycles. The number of carbonyl (C=O) groups excluding carboxylic acids is 1. The van der Waals surface area contributed by atoms with Crippen molar-refractivity contribution >= 4 is 29.2 Å². The summed E-state index contributed by atoms with van der Waals surface area (Å²) in [6.07, 6.45) is 0.238. The maximum atomic E-state index is 12.0. The Morgan fingerprint density at radius 1 is 1.08 bits per heavy atom. The van der Waals surface area contributed by atoms with E-state index in [2.05, 4.69) is 5.32 Å². The number of halogens is 1. The lowest BCUT2D eigenvalue weighted by Gasteiger charge is -2.21. The Morgan fingerprint density at radius 3 is 2.21 bits per heavy atom. The van der Waals surface area contributed by atoms with Crippen LogP contribution in [-0.4, -0.2) is 22.6 Å². The van der Waals surface area contributed by atoms with E-state index in [0.29, 0.717) is 16.5 Å². The van der Waals surface area contributed by atoms with Crippen molar-refractivity contribution in [3.05, 3.63) is 59.1 Å². The van der Waals surface area contributed by atoms with E-state index in [-0.39, 0.29) is 12.3 Å². The average Bonchev–Trinajstić information content (AvgIpc) is 2.51. The van der Waals surface area contributed by atoms with Crippen LogP contribution in [0.5, 0.6) is 5.75 Å². The highest BCUT2D eigenvalue weighted by atomic mass is 35.5. The minimum Gasteiger partial charge on any atom is -0.478 e. The number of aliphatic carboxylic acids is 1. The maximum Gasteiger partial charge on any atom is 0.347 e. The van der Waals surface area contributed by atoms with Crippen molar-refractivity contribution < 1.29 is 19.4 Å². The first-order valence-corrected chi connectivity index (χ1v) is 7.71. The number of benzene rings is 2. The van der Waals surface area contributed by atoms with E-state index >= 15 is 0 Å². The Labute approximate surface area is 145 Å². The summed E-state index contributed by atoms with van der Waals surface area (Å²) >= 11 is 5.81. The molecule has 5 nitrogen and oxygen atoms in total. The predicted molar refractivity (Wildman–Crippen MR) is 92.6 cm³/mol. The third-order valence-corrected chi connectivity index (χ3v) is 3.56. The number of hydrogen-bond donors (Lipinski definition) is 2. The highest BCUT2D eigenvalue weighted by Gasteiger charge is 2.29. The first-order valence-electron chi connectivity index (χ1n) is 7.33. The monoisotopic (exact) mass is 347 g/mol. The second-order valence-corrected chi connectivity index (χ2v) is 6.23. The first kappa shape index (κ1) is 17.8. The minimum absolute atomic E-state index is 0.156. The van der Waals surface area contributed by atoms with Gasteiger partial charge in [0.15, 0.2) is 5.60 Å². The number of anilines is 1. The SMILES string of the molecule is CC(C)(Oc1ccc(NC(=O)Cc2ccc(Cl)cc2)cc1)C(=O)O. The van der Waals surface area contributed by atoms with Crippen LogP contribution in [-0.2, 0) is 16.0 Å². The largest absolute Gasteiger partial charge is 0.478 e. The van der Waals surface area contributed by atoms with Crippen LogP contribution in [0.15, 0.2) is 48.5 Å². The van der Waals surface area contributed by atoms with Crippen LogP contribution < -0.4 is 10.1 Å². The summed E-state index contributed by atoms with van der Waals surface area (Å²) in [7, 11) is 0. The molecule has 0 fully saturated rings. The number of nitrogens with one attached hydrogen (secondary N) is 1. The van der Waals surface area contributed by atoms with Crippen molar-refractivity contribution in [1.29, 1.82) is 0 Å². The zero-order valence-electron chi connectivity index (χ0n) is 13.4. The van der Waals surface area contributed by atoms with E-state index in [1.165, 1.54) is 13.8 Å². The summed E-state index contributed by atoms with van der Waals surface area (Å²) in [6.45, 7) is 2.94. The molecule has 2 aromatic rings. The van der Waals surface area contributed by atoms with Gasteiger partial charge in [-0.1, -0.05) is 23.7 Å². The molecule has 2 N–H and O–H groups in total. The number of hydrogen-bond acceptors (Lipinski definition) is 3. The van der Waals surface area contributed by atoms with E-state index in [9.17, 15) is 9.59 Å². The normalized spacial score (nSPS) is 11.0. The molecule has 0 aliphatic rings. The molecule has 2 rings (SSSR count). The fraction of sp³-hybridized carbons (Fsp3) is 0.222.